The number of carbonyl (C=O) groups excluding carboxylic acids is 1. The topological polar surface area (TPSA) is 83.3 Å². The Labute approximate surface area is 192 Å². The van der Waals surface area contributed by atoms with Gasteiger partial charge in [-0.05, 0) is 50.1 Å². The predicted molar refractivity (Wildman–Crippen MR) is 128 cm³/mol. The van der Waals surface area contributed by atoms with Crippen LogP contribution in [0.2, 0.25) is 0 Å². The van der Waals surface area contributed by atoms with Gasteiger partial charge in [0.1, 0.15) is 16.5 Å². The molecule has 1 aliphatic heterocycles. The van der Waals surface area contributed by atoms with Gasteiger partial charge in [0.2, 0.25) is 5.78 Å². The molecule has 1 atom stereocenters. The van der Waals surface area contributed by atoms with Gasteiger partial charge >= 0.3 is 0 Å². The normalized spacial score (nSPS) is 19.5. The van der Waals surface area contributed by atoms with E-state index < -0.39 is 5.82 Å². The number of hydrogen-bond acceptors (Lipinski definition) is 7. The van der Waals surface area contributed by atoms with Crippen molar-refractivity contribution in [3.05, 3.63) is 64.1 Å². The van der Waals surface area contributed by atoms with E-state index in [2.05, 4.69) is 46.5 Å². The molecule has 0 spiro atoms. The predicted octanol–water partition coefficient (Wildman–Crippen LogP) is 4.39. The molecular weight excluding hydrogens is 425 g/mol. The fourth-order valence-corrected chi connectivity index (χ4v) is 5.20. The number of thiazole rings is 1. The number of nitrogens with one attached hydrogen (secondary N) is 2. The summed E-state index contributed by atoms with van der Waals surface area (Å²) < 4.78 is 13.5. The summed E-state index contributed by atoms with van der Waals surface area (Å²) >= 11 is 1.20. The van der Waals surface area contributed by atoms with Crippen LogP contribution in [-0.4, -0.2) is 41.3 Å². The van der Waals surface area contributed by atoms with Crippen LogP contribution in [0.3, 0.4) is 0 Å². The molecule has 2 aliphatic rings. The number of rotatable bonds is 7. The minimum Gasteiger partial charge on any atom is -0.382 e. The zero-order valence-electron chi connectivity index (χ0n) is 18.5. The SMILES string of the molecule is CCNC1CCN(C2=CC=C(Nc3nc(N)c(C(=O)c4cccc(F)c4)s3)C(C)C2)CC1. The maximum Gasteiger partial charge on any atom is 0.206 e. The van der Waals surface area contributed by atoms with Crippen LogP contribution in [0, 0.1) is 11.7 Å². The van der Waals surface area contributed by atoms with Crippen molar-refractivity contribution in [2.45, 2.75) is 39.2 Å². The summed E-state index contributed by atoms with van der Waals surface area (Å²) in [7, 11) is 0. The van der Waals surface area contributed by atoms with E-state index >= 15 is 0 Å². The van der Waals surface area contributed by atoms with Gasteiger partial charge < -0.3 is 21.3 Å². The third-order valence-corrected chi connectivity index (χ3v) is 7.08. The quantitative estimate of drug-likeness (QED) is 0.537. The van der Waals surface area contributed by atoms with Crippen LogP contribution < -0.4 is 16.4 Å². The fraction of sp³-hybridized carbons (Fsp3) is 0.417. The lowest BCUT2D eigenvalue weighted by Gasteiger charge is -2.37. The van der Waals surface area contributed by atoms with E-state index in [9.17, 15) is 9.18 Å². The largest absolute Gasteiger partial charge is 0.382 e. The number of likely N-dealkylation sites (tertiary alicyclic amines) is 1. The molecule has 2 heterocycles. The number of halogens is 1. The number of piperidine rings is 1. The second-order valence-electron chi connectivity index (χ2n) is 8.40. The number of nitrogens with two attached hydrogens (primary N) is 1. The Hall–Kier alpha value is -2.71. The van der Waals surface area contributed by atoms with E-state index in [1.54, 1.807) is 6.07 Å². The van der Waals surface area contributed by atoms with Crippen LogP contribution in [0.5, 0.6) is 0 Å². The van der Waals surface area contributed by atoms with Crippen molar-refractivity contribution in [2.75, 3.05) is 30.7 Å². The molecule has 8 heteroatoms. The molecule has 0 saturated carbocycles. The molecule has 1 aliphatic carbocycles. The smallest absolute Gasteiger partial charge is 0.206 e. The Kier molecular flexibility index (Phi) is 6.91. The Morgan fingerprint density at radius 2 is 2.09 bits per heavy atom. The van der Waals surface area contributed by atoms with Crippen LogP contribution >= 0.6 is 11.3 Å². The monoisotopic (exact) mass is 455 g/mol. The average Bonchev–Trinajstić information content (AvgIpc) is 3.15. The highest BCUT2D eigenvalue weighted by Gasteiger charge is 2.25. The van der Waals surface area contributed by atoms with Crippen molar-refractivity contribution >= 4 is 28.1 Å². The lowest BCUT2D eigenvalue weighted by atomic mass is 9.94. The molecule has 1 saturated heterocycles. The number of nitrogen functional groups attached to an aromatic ring is 1. The molecule has 1 unspecified atom stereocenters. The first-order valence-electron chi connectivity index (χ1n) is 11.2. The third kappa shape index (κ3) is 5.02. The molecule has 6 nitrogen and oxygen atoms in total. The molecule has 2 aromatic rings. The molecule has 1 aromatic heterocycles. The molecule has 170 valence electrons. The van der Waals surface area contributed by atoms with E-state index in [0.717, 1.165) is 31.8 Å². The number of ketones is 1. The number of anilines is 2. The molecule has 4 rings (SSSR count). The molecule has 0 amide bonds. The van der Waals surface area contributed by atoms with E-state index in [1.807, 2.05) is 0 Å². The number of nitrogens with zero attached hydrogens (tertiary/aromatic N) is 2. The number of carbonyl (C=O) groups is 1. The molecular formula is C24H30FN5OS. The van der Waals surface area contributed by atoms with Crippen LogP contribution in [0.1, 0.15) is 48.3 Å². The minimum atomic E-state index is -0.452. The van der Waals surface area contributed by atoms with Gasteiger partial charge in [0.15, 0.2) is 5.13 Å². The molecule has 32 heavy (non-hydrogen) atoms. The zero-order chi connectivity index (χ0) is 22.7. The first-order valence-corrected chi connectivity index (χ1v) is 12.0. The van der Waals surface area contributed by atoms with Gasteiger partial charge in [0.25, 0.3) is 0 Å². The van der Waals surface area contributed by atoms with Gasteiger partial charge in [0.05, 0.1) is 0 Å². The van der Waals surface area contributed by atoms with Crippen molar-refractivity contribution in [1.82, 2.24) is 15.2 Å². The van der Waals surface area contributed by atoms with Crippen molar-refractivity contribution in [3.63, 3.8) is 0 Å². The van der Waals surface area contributed by atoms with E-state index in [4.69, 9.17) is 5.73 Å². The lowest BCUT2D eigenvalue weighted by molar-refractivity contribution is 0.104. The average molecular weight is 456 g/mol. The summed E-state index contributed by atoms with van der Waals surface area (Å²) in [6.45, 7) is 7.54. The first kappa shape index (κ1) is 22.5. The highest BCUT2D eigenvalue weighted by molar-refractivity contribution is 7.18. The Bertz CT molecular complexity index is 1040. The number of hydrogen-bond donors (Lipinski definition) is 3. The highest BCUT2D eigenvalue weighted by Crippen LogP contribution is 2.33. The third-order valence-electron chi connectivity index (χ3n) is 6.09. The summed E-state index contributed by atoms with van der Waals surface area (Å²) in [5.41, 5.74) is 8.70. The van der Waals surface area contributed by atoms with Crippen LogP contribution in [0.25, 0.3) is 0 Å². The molecule has 1 aromatic carbocycles. The van der Waals surface area contributed by atoms with E-state index in [0.29, 0.717) is 22.0 Å². The summed E-state index contributed by atoms with van der Waals surface area (Å²) in [5.74, 6) is -0.308. The standard InChI is InChI=1S/C24H30FN5OS/c1-3-27-18-9-11-30(12-10-18)19-7-8-20(15(2)13-19)28-24-29-23(26)22(32-24)21(31)16-5-4-6-17(25)14-16/h4-8,14-15,18,27H,3,9-13,26H2,1-2H3,(H,28,29). The maximum absolute atomic E-state index is 13.5. The summed E-state index contributed by atoms with van der Waals surface area (Å²) in [5, 5.41) is 7.47. The second-order valence-corrected chi connectivity index (χ2v) is 9.40. The zero-order valence-corrected chi connectivity index (χ0v) is 19.3. The van der Waals surface area contributed by atoms with Crippen molar-refractivity contribution < 1.29 is 9.18 Å². The number of aromatic nitrogens is 1. The van der Waals surface area contributed by atoms with Crippen LogP contribution in [-0.2, 0) is 0 Å². The number of allylic oxidation sites excluding steroid dienone is 4. The molecule has 4 N–H and O–H groups in total. The summed E-state index contributed by atoms with van der Waals surface area (Å²) in [6.07, 6.45) is 7.60. The first-order chi connectivity index (χ1) is 15.4. The van der Waals surface area contributed by atoms with Crippen molar-refractivity contribution in [1.29, 1.82) is 0 Å². The fourth-order valence-electron chi connectivity index (χ4n) is 4.33. The second kappa shape index (κ2) is 9.83. The highest BCUT2D eigenvalue weighted by atomic mass is 32.1. The molecule has 1 fully saturated rings. The Morgan fingerprint density at radius 1 is 1.31 bits per heavy atom. The van der Waals surface area contributed by atoms with E-state index in [1.165, 1.54) is 48.1 Å². The molecule has 0 radical (unpaired) electrons. The number of benzene rings is 1. The molecule has 0 bridgehead atoms. The Balaban J connectivity index is 1.43. The van der Waals surface area contributed by atoms with E-state index in [-0.39, 0.29) is 17.2 Å². The lowest BCUT2D eigenvalue weighted by Crippen LogP contribution is -2.42. The van der Waals surface area contributed by atoms with Gasteiger partial charge in [-0.2, -0.15) is 0 Å². The van der Waals surface area contributed by atoms with Gasteiger partial charge in [-0.3, -0.25) is 4.79 Å². The van der Waals surface area contributed by atoms with Gasteiger partial charge in [0, 0.05) is 42.0 Å². The summed E-state index contributed by atoms with van der Waals surface area (Å²) in [6, 6.07) is 6.25. The maximum atomic E-state index is 13.5. The summed E-state index contributed by atoms with van der Waals surface area (Å²) in [4.78, 5) is 19.9. The van der Waals surface area contributed by atoms with Crippen LogP contribution in [0.15, 0.2) is 47.8 Å². The van der Waals surface area contributed by atoms with Crippen molar-refractivity contribution in [3.8, 4) is 0 Å². The van der Waals surface area contributed by atoms with Gasteiger partial charge in [-0.15, -0.1) is 0 Å². The van der Waals surface area contributed by atoms with Gasteiger partial charge in [-0.25, -0.2) is 9.37 Å². The van der Waals surface area contributed by atoms with Crippen molar-refractivity contribution in [2.24, 2.45) is 5.92 Å². The van der Waals surface area contributed by atoms with Gasteiger partial charge in [-0.1, -0.05) is 37.3 Å². The Morgan fingerprint density at radius 3 is 2.78 bits per heavy atom. The van der Waals surface area contributed by atoms with Crippen LogP contribution in [0.4, 0.5) is 15.3 Å². The minimum absolute atomic E-state index is 0.163.